The van der Waals surface area contributed by atoms with E-state index in [-0.39, 0.29) is 5.92 Å². The average Bonchev–Trinajstić information content (AvgIpc) is 2.85. The predicted molar refractivity (Wildman–Crippen MR) is 71.2 cm³/mol. The molecule has 2 aromatic heterocycles. The van der Waals surface area contributed by atoms with Crippen molar-refractivity contribution in [3.63, 3.8) is 0 Å². The molecule has 0 spiro atoms. The highest BCUT2D eigenvalue weighted by molar-refractivity contribution is 5.88. The third kappa shape index (κ3) is 2.14. The fraction of sp³-hybridized carbons (Fsp3) is 0.462. The second-order valence-corrected chi connectivity index (χ2v) is 4.96. The lowest BCUT2D eigenvalue weighted by Gasteiger charge is -2.32. The SMILES string of the molecule is Cc1nc(N2CCCC(C(=O)O)C2)c2cc[nH]c2n1. The molecule has 1 unspecified atom stereocenters. The van der Waals surface area contributed by atoms with E-state index >= 15 is 0 Å². The molecule has 1 fully saturated rings. The Hall–Kier alpha value is -2.11. The summed E-state index contributed by atoms with van der Waals surface area (Å²) in [5.74, 6) is 0.510. The Morgan fingerprint density at radius 1 is 1.53 bits per heavy atom. The number of rotatable bonds is 2. The molecule has 0 saturated carbocycles. The number of aromatic amines is 1. The summed E-state index contributed by atoms with van der Waals surface area (Å²) < 4.78 is 0. The van der Waals surface area contributed by atoms with Crippen molar-refractivity contribution < 1.29 is 9.90 Å². The average molecular weight is 260 g/mol. The van der Waals surface area contributed by atoms with Crippen molar-refractivity contribution in [1.82, 2.24) is 15.0 Å². The highest BCUT2D eigenvalue weighted by Crippen LogP contribution is 2.27. The van der Waals surface area contributed by atoms with Gasteiger partial charge in [-0.3, -0.25) is 4.79 Å². The Labute approximate surface area is 110 Å². The molecule has 0 bridgehead atoms. The van der Waals surface area contributed by atoms with Gasteiger partial charge in [0.05, 0.1) is 11.3 Å². The molecule has 1 aliphatic heterocycles. The molecule has 19 heavy (non-hydrogen) atoms. The summed E-state index contributed by atoms with van der Waals surface area (Å²) >= 11 is 0. The monoisotopic (exact) mass is 260 g/mol. The van der Waals surface area contributed by atoms with Crippen LogP contribution in [0.2, 0.25) is 0 Å². The number of carboxylic acids is 1. The van der Waals surface area contributed by atoms with E-state index in [4.69, 9.17) is 5.11 Å². The van der Waals surface area contributed by atoms with E-state index in [9.17, 15) is 4.79 Å². The Bertz CT molecular complexity index is 622. The van der Waals surface area contributed by atoms with E-state index in [1.54, 1.807) is 0 Å². The van der Waals surface area contributed by atoms with Crippen molar-refractivity contribution in [3.8, 4) is 0 Å². The van der Waals surface area contributed by atoms with Gasteiger partial charge in [-0.2, -0.15) is 0 Å². The lowest BCUT2D eigenvalue weighted by molar-refractivity contribution is -0.141. The number of nitrogens with one attached hydrogen (secondary N) is 1. The summed E-state index contributed by atoms with van der Waals surface area (Å²) in [5, 5.41) is 10.1. The van der Waals surface area contributed by atoms with Crippen LogP contribution >= 0.6 is 0 Å². The maximum Gasteiger partial charge on any atom is 0.308 e. The lowest BCUT2D eigenvalue weighted by Crippen LogP contribution is -2.39. The Morgan fingerprint density at radius 3 is 3.16 bits per heavy atom. The van der Waals surface area contributed by atoms with Crippen LogP contribution in [0.1, 0.15) is 18.7 Å². The topological polar surface area (TPSA) is 82.1 Å². The van der Waals surface area contributed by atoms with E-state index in [0.717, 1.165) is 36.2 Å². The van der Waals surface area contributed by atoms with Crippen LogP contribution in [0, 0.1) is 12.8 Å². The first kappa shape index (κ1) is 12.0. The molecule has 2 aromatic rings. The Morgan fingerprint density at radius 2 is 2.37 bits per heavy atom. The Kier molecular flexibility index (Phi) is 2.85. The number of aromatic nitrogens is 3. The van der Waals surface area contributed by atoms with Gasteiger partial charge in [0.15, 0.2) is 0 Å². The fourth-order valence-electron chi connectivity index (χ4n) is 2.65. The highest BCUT2D eigenvalue weighted by atomic mass is 16.4. The van der Waals surface area contributed by atoms with Gasteiger partial charge in [-0.1, -0.05) is 0 Å². The van der Waals surface area contributed by atoms with Crippen LogP contribution < -0.4 is 4.90 Å². The predicted octanol–water partition coefficient (Wildman–Crippen LogP) is 1.57. The number of hydrogen-bond acceptors (Lipinski definition) is 4. The van der Waals surface area contributed by atoms with Gasteiger partial charge < -0.3 is 15.0 Å². The second kappa shape index (κ2) is 4.53. The zero-order valence-corrected chi connectivity index (χ0v) is 10.8. The molecule has 3 heterocycles. The van der Waals surface area contributed by atoms with Gasteiger partial charge in [-0.15, -0.1) is 0 Å². The van der Waals surface area contributed by atoms with Crippen molar-refractivity contribution in [2.45, 2.75) is 19.8 Å². The van der Waals surface area contributed by atoms with Crippen LogP contribution in [0.3, 0.4) is 0 Å². The number of nitrogens with zero attached hydrogens (tertiary/aromatic N) is 3. The molecule has 2 N–H and O–H groups in total. The number of H-pyrrole nitrogens is 1. The third-order valence-electron chi connectivity index (χ3n) is 3.58. The number of fused-ring (bicyclic) bond motifs is 1. The Balaban J connectivity index is 1.99. The molecule has 6 heteroatoms. The first-order valence-corrected chi connectivity index (χ1v) is 6.44. The summed E-state index contributed by atoms with van der Waals surface area (Å²) in [4.78, 5) is 25.1. The quantitative estimate of drug-likeness (QED) is 0.856. The van der Waals surface area contributed by atoms with Gasteiger partial charge in [0, 0.05) is 19.3 Å². The molecule has 1 aliphatic rings. The van der Waals surface area contributed by atoms with Gasteiger partial charge in [0.1, 0.15) is 17.3 Å². The maximum atomic E-state index is 11.1. The number of hydrogen-bond donors (Lipinski definition) is 2. The number of carboxylic acid groups (broad SMARTS) is 1. The van der Waals surface area contributed by atoms with Gasteiger partial charge in [-0.05, 0) is 25.8 Å². The van der Waals surface area contributed by atoms with Crippen molar-refractivity contribution in [3.05, 3.63) is 18.1 Å². The largest absolute Gasteiger partial charge is 0.481 e. The normalized spacial score (nSPS) is 19.8. The van der Waals surface area contributed by atoms with Crippen LogP contribution in [-0.2, 0) is 4.79 Å². The minimum absolute atomic E-state index is 0.307. The minimum Gasteiger partial charge on any atom is -0.481 e. The standard InChI is InChI=1S/C13H16N4O2/c1-8-15-11-10(4-5-14-11)12(16-8)17-6-2-3-9(7-17)13(18)19/h4-5,9H,2-3,6-7H2,1H3,(H,18,19)(H,14,15,16). The number of carbonyl (C=O) groups is 1. The number of anilines is 1. The first-order valence-electron chi connectivity index (χ1n) is 6.44. The molecular weight excluding hydrogens is 244 g/mol. The van der Waals surface area contributed by atoms with Crippen molar-refractivity contribution in [1.29, 1.82) is 0 Å². The van der Waals surface area contributed by atoms with Gasteiger partial charge in [0.25, 0.3) is 0 Å². The van der Waals surface area contributed by atoms with Crippen molar-refractivity contribution >= 4 is 22.8 Å². The molecule has 3 rings (SSSR count). The van der Waals surface area contributed by atoms with Gasteiger partial charge in [-0.25, -0.2) is 9.97 Å². The molecule has 0 amide bonds. The summed E-state index contributed by atoms with van der Waals surface area (Å²) in [6.45, 7) is 3.22. The molecular formula is C13H16N4O2. The second-order valence-electron chi connectivity index (χ2n) is 4.96. The van der Waals surface area contributed by atoms with Crippen LogP contribution in [-0.4, -0.2) is 39.1 Å². The molecule has 6 nitrogen and oxygen atoms in total. The number of aliphatic carboxylic acids is 1. The van der Waals surface area contributed by atoms with E-state index < -0.39 is 5.97 Å². The summed E-state index contributed by atoms with van der Waals surface area (Å²) in [6, 6.07) is 1.94. The van der Waals surface area contributed by atoms with E-state index in [1.807, 2.05) is 19.2 Å². The zero-order chi connectivity index (χ0) is 13.4. The van der Waals surface area contributed by atoms with Crippen LogP contribution in [0.25, 0.3) is 11.0 Å². The summed E-state index contributed by atoms with van der Waals surface area (Å²) in [5.41, 5.74) is 0.806. The zero-order valence-electron chi connectivity index (χ0n) is 10.8. The number of piperidine rings is 1. The molecule has 0 radical (unpaired) electrons. The molecule has 1 atom stereocenters. The third-order valence-corrected chi connectivity index (χ3v) is 3.58. The van der Waals surface area contributed by atoms with Crippen molar-refractivity contribution in [2.24, 2.45) is 5.92 Å². The lowest BCUT2D eigenvalue weighted by atomic mass is 9.98. The smallest absolute Gasteiger partial charge is 0.308 e. The van der Waals surface area contributed by atoms with Gasteiger partial charge in [0.2, 0.25) is 0 Å². The van der Waals surface area contributed by atoms with Crippen LogP contribution in [0.4, 0.5) is 5.82 Å². The molecule has 1 saturated heterocycles. The van der Waals surface area contributed by atoms with Crippen LogP contribution in [0.15, 0.2) is 12.3 Å². The van der Waals surface area contributed by atoms with Gasteiger partial charge >= 0.3 is 5.97 Å². The number of aryl methyl sites for hydroxylation is 1. The fourth-order valence-corrected chi connectivity index (χ4v) is 2.65. The summed E-state index contributed by atoms with van der Waals surface area (Å²) in [7, 11) is 0. The molecule has 100 valence electrons. The maximum absolute atomic E-state index is 11.1. The van der Waals surface area contributed by atoms with Crippen LogP contribution in [0.5, 0.6) is 0 Å². The minimum atomic E-state index is -0.721. The first-order chi connectivity index (χ1) is 9.15. The molecule has 0 aromatic carbocycles. The highest BCUT2D eigenvalue weighted by Gasteiger charge is 2.27. The van der Waals surface area contributed by atoms with E-state index in [2.05, 4.69) is 19.9 Å². The van der Waals surface area contributed by atoms with E-state index in [1.165, 1.54) is 0 Å². The summed E-state index contributed by atoms with van der Waals surface area (Å²) in [6.07, 6.45) is 3.46. The van der Waals surface area contributed by atoms with Crippen molar-refractivity contribution in [2.75, 3.05) is 18.0 Å². The van der Waals surface area contributed by atoms with E-state index in [0.29, 0.717) is 12.4 Å². The molecule has 0 aliphatic carbocycles.